The maximum atomic E-state index is 5.96. The summed E-state index contributed by atoms with van der Waals surface area (Å²) in [6, 6.07) is 13.8. The Kier molecular flexibility index (Phi) is 7.69. The van der Waals surface area contributed by atoms with Gasteiger partial charge >= 0.3 is 0 Å². The zero-order valence-electron chi connectivity index (χ0n) is 17.6. The normalized spacial score (nSPS) is 13.2. The standard InChI is InChI=1S/C26H35N/c1-6-9-11-21-12-14-23(18-20(21)4)24-15-13-22(10-7-2)25(19-24)26(5,8-3)16-17-27/h1,12-15,18-19H,7-11,16-17,27H2,2-5H3. The number of aryl methyl sites for hydroxylation is 3. The number of benzene rings is 2. The van der Waals surface area contributed by atoms with Gasteiger partial charge in [0.15, 0.2) is 0 Å². The van der Waals surface area contributed by atoms with Gasteiger partial charge in [-0.3, -0.25) is 0 Å². The minimum atomic E-state index is 0.136. The van der Waals surface area contributed by atoms with Gasteiger partial charge in [0.05, 0.1) is 0 Å². The van der Waals surface area contributed by atoms with Crippen molar-refractivity contribution in [3.8, 4) is 23.5 Å². The van der Waals surface area contributed by atoms with Gasteiger partial charge in [0, 0.05) is 6.42 Å². The molecule has 0 aromatic heterocycles. The number of hydrogen-bond acceptors (Lipinski definition) is 1. The van der Waals surface area contributed by atoms with Crippen molar-refractivity contribution in [2.45, 2.75) is 71.6 Å². The summed E-state index contributed by atoms with van der Waals surface area (Å²) in [5.74, 6) is 2.74. The summed E-state index contributed by atoms with van der Waals surface area (Å²) in [6.45, 7) is 9.81. The quantitative estimate of drug-likeness (QED) is 0.529. The Bertz CT molecular complexity index is 796. The second kappa shape index (κ2) is 9.77. The van der Waals surface area contributed by atoms with Crippen molar-refractivity contribution in [2.24, 2.45) is 5.73 Å². The minimum Gasteiger partial charge on any atom is -0.330 e. The van der Waals surface area contributed by atoms with E-state index in [4.69, 9.17) is 12.2 Å². The monoisotopic (exact) mass is 361 g/mol. The molecule has 0 spiro atoms. The van der Waals surface area contributed by atoms with Crippen LogP contribution in [0.25, 0.3) is 11.1 Å². The molecule has 0 saturated heterocycles. The van der Waals surface area contributed by atoms with Crippen LogP contribution in [0, 0.1) is 19.3 Å². The first-order valence-electron chi connectivity index (χ1n) is 10.4. The maximum absolute atomic E-state index is 5.96. The molecule has 144 valence electrons. The van der Waals surface area contributed by atoms with E-state index in [9.17, 15) is 0 Å². The molecule has 1 atom stereocenters. The molecule has 0 bridgehead atoms. The summed E-state index contributed by atoms with van der Waals surface area (Å²) in [4.78, 5) is 0. The molecule has 2 aromatic rings. The third kappa shape index (κ3) is 5.02. The third-order valence-electron chi connectivity index (χ3n) is 5.97. The zero-order valence-corrected chi connectivity index (χ0v) is 17.6. The Labute approximate surface area is 166 Å². The van der Waals surface area contributed by atoms with E-state index in [1.165, 1.54) is 33.4 Å². The lowest BCUT2D eigenvalue weighted by molar-refractivity contribution is 0.421. The first-order valence-corrected chi connectivity index (χ1v) is 10.4. The molecule has 1 heteroatoms. The average molecular weight is 362 g/mol. The zero-order chi connectivity index (χ0) is 19.9. The Morgan fingerprint density at radius 1 is 1.00 bits per heavy atom. The van der Waals surface area contributed by atoms with E-state index in [0.29, 0.717) is 0 Å². The van der Waals surface area contributed by atoms with E-state index in [2.05, 4.69) is 70.0 Å². The van der Waals surface area contributed by atoms with Gasteiger partial charge in [-0.05, 0) is 77.9 Å². The molecule has 0 saturated carbocycles. The molecule has 2 aromatic carbocycles. The SMILES string of the molecule is C#CCCc1ccc(-c2ccc(CCC)c(C(C)(CC)CCN)c2)cc1C. The molecule has 0 heterocycles. The highest BCUT2D eigenvalue weighted by Crippen LogP contribution is 2.37. The summed E-state index contributed by atoms with van der Waals surface area (Å²) in [6.07, 6.45) is 11.6. The van der Waals surface area contributed by atoms with E-state index in [1.54, 1.807) is 0 Å². The largest absolute Gasteiger partial charge is 0.330 e. The topological polar surface area (TPSA) is 26.0 Å². The third-order valence-corrected chi connectivity index (χ3v) is 5.97. The Morgan fingerprint density at radius 3 is 2.22 bits per heavy atom. The molecule has 2 N–H and O–H groups in total. The summed E-state index contributed by atoms with van der Waals surface area (Å²) in [7, 11) is 0. The lowest BCUT2D eigenvalue weighted by Gasteiger charge is -2.31. The van der Waals surface area contributed by atoms with Crippen LogP contribution in [0.4, 0.5) is 0 Å². The summed E-state index contributed by atoms with van der Waals surface area (Å²) in [5, 5.41) is 0. The predicted molar refractivity (Wildman–Crippen MR) is 119 cm³/mol. The highest BCUT2D eigenvalue weighted by Gasteiger charge is 2.26. The van der Waals surface area contributed by atoms with Crippen LogP contribution in [0.2, 0.25) is 0 Å². The highest BCUT2D eigenvalue weighted by atomic mass is 14.5. The molecule has 0 amide bonds. The van der Waals surface area contributed by atoms with Gasteiger partial charge in [-0.25, -0.2) is 0 Å². The molecule has 27 heavy (non-hydrogen) atoms. The fraction of sp³-hybridized carbons (Fsp3) is 0.462. The van der Waals surface area contributed by atoms with Gasteiger partial charge in [0.2, 0.25) is 0 Å². The molecule has 0 aliphatic rings. The molecular formula is C26H35N. The van der Waals surface area contributed by atoms with Crippen LogP contribution in [-0.2, 0) is 18.3 Å². The van der Waals surface area contributed by atoms with Crippen LogP contribution in [-0.4, -0.2) is 6.54 Å². The van der Waals surface area contributed by atoms with Crippen molar-refractivity contribution < 1.29 is 0 Å². The Balaban J connectivity index is 2.48. The van der Waals surface area contributed by atoms with Crippen LogP contribution >= 0.6 is 0 Å². The lowest BCUT2D eigenvalue weighted by Crippen LogP contribution is -2.26. The van der Waals surface area contributed by atoms with Crippen LogP contribution < -0.4 is 5.73 Å². The number of hydrogen-bond donors (Lipinski definition) is 1. The number of terminal acetylenes is 1. The van der Waals surface area contributed by atoms with Crippen LogP contribution in [0.3, 0.4) is 0 Å². The van der Waals surface area contributed by atoms with E-state index < -0.39 is 0 Å². The molecule has 0 fully saturated rings. The first-order chi connectivity index (χ1) is 13.0. The van der Waals surface area contributed by atoms with Crippen molar-refractivity contribution in [2.75, 3.05) is 6.54 Å². The van der Waals surface area contributed by atoms with Gasteiger partial charge in [0.25, 0.3) is 0 Å². The molecule has 0 aliphatic heterocycles. The van der Waals surface area contributed by atoms with E-state index >= 15 is 0 Å². The van der Waals surface area contributed by atoms with E-state index in [-0.39, 0.29) is 5.41 Å². The van der Waals surface area contributed by atoms with Gasteiger partial charge < -0.3 is 5.73 Å². The molecule has 0 aliphatic carbocycles. The van der Waals surface area contributed by atoms with E-state index in [0.717, 1.165) is 45.1 Å². The molecule has 1 unspecified atom stereocenters. The van der Waals surface area contributed by atoms with Crippen molar-refractivity contribution >= 4 is 0 Å². The maximum Gasteiger partial charge on any atom is 0.0127 e. The molecule has 2 rings (SSSR count). The van der Waals surface area contributed by atoms with Crippen molar-refractivity contribution in [3.63, 3.8) is 0 Å². The number of rotatable bonds is 9. The van der Waals surface area contributed by atoms with Crippen molar-refractivity contribution in [1.29, 1.82) is 0 Å². The fourth-order valence-corrected chi connectivity index (χ4v) is 3.99. The average Bonchev–Trinajstić information content (AvgIpc) is 2.67. The minimum absolute atomic E-state index is 0.136. The van der Waals surface area contributed by atoms with Crippen LogP contribution in [0.1, 0.15) is 68.7 Å². The highest BCUT2D eigenvalue weighted by molar-refractivity contribution is 5.67. The van der Waals surface area contributed by atoms with Gasteiger partial charge in [0.1, 0.15) is 0 Å². The van der Waals surface area contributed by atoms with E-state index in [1.807, 2.05) is 0 Å². The van der Waals surface area contributed by atoms with Crippen LogP contribution in [0.5, 0.6) is 0 Å². The first kappa shape index (κ1) is 21.3. The van der Waals surface area contributed by atoms with Crippen molar-refractivity contribution in [3.05, 3.63) is 58.7 Å². The second-order valence-corrected chi connectivity index (χ2v) is 7.92. The lowest BCUT2D eigenvalue weighted by atomic mass is 9.73. The predicted octanol–water partition coefficient (Wildman–Crippen LogP) is 6.20. The van der Waals surface area contributed by atoms with Crippen LogP contribution in [0.15, 0.2) is 36.4 Å². The van der Waals surface area contributed by atoms with Gasteiger partial charge in [-0.15, -0.1) is 12.3 Å². The van der Waals surface area contributed by atoms with Gasteiger partial charge in [-0.2, -0.15) is 0 Å². The number of nitrogens with two attached hydrogens (primary N) is 1. The Hall–Kier alpha value is -2.04. The van der Waals surface area contributed by atoms with Crippen molar-refractivity contribution in [1.82, 2.24) is 0 Å². The molecule has 1 nitrogen and oxygen atoms in total. The summed E-state index contributed by atoms with van der Waals surface area (Å²) in [5.41, 5.74) is 14.3. The summed E-state index contributed by atoms with van der Waals surface area (Å²) < 4.78 is 0. The van der Waals surface area contributed by atoms with Gasteiger partial charge in [-0.1, -0.05) is 63.6 Å². The molecular weight excluding hydrogens is 326 g/mol. The fourth-order valence-electron chi connectivity index (χ4n) is 3.99. The smallest absolute Gasteiger partial charge is 0.0127 e. The summed E-state index contributed by atoms with van der Waals surface area (Å²) >= 11 is 0. The second-order valence-electron chi connectivity index (χ2n) is 7.92. The molecule has 0 radical (unpaired) electrons. The Morgan fingerprint density at radius 2 is 1.67 bits per heavy atom.